The molecule has 0 aromatic heterocycles. The van der Waals surface area contributed by atoms with Crippen LogP contribution in [0.5, 0.6) is 0 Å². The highest BCUT2D eigenvalue weighted by Crippen LogP contribution is 2.16. The first-order valence-electron chi connectivity index (χ1n) is 5.66. The summed E-state index contributed by atoms with van der Waals surface area (Å²) < 4.78 is 0. The van der Waals surface area contributed by atoms with Crippen LogP contribution in [0.25, 0.3) is 0 Å². The summed E-state index contributed by atoms with van der Waals surface area (Å²) in [7, 11) is 0. The molecule has 0 bridgehead atoms. The van der Waals surface area contributed by atoms with Gasteiger partial charge in [-0.2, -0.15) is 0 Å². The van der Waals surface area contributed by atoms with E-state index in [9.17, 15) is 0 Å². The molecule has 78 valence electrons. The molecular formula is C12H20N2. The highest BCUT2D eigenvalue weighted by molar-refractivity contribution is 5.11. The second-order valence-electron chi connectivity index (χ2n) is 4.47. The highest BCUT2D eigenvalue weighted by Gasteiger charge is 2.18. The van der Waals surface area contributed by atoms with Gasteiger partial charge in [0.05, 0.1) is 0 Å². The summed E-state index contributed by atoms with van der Waals surface area (Å²) in [6.45, 7) is 3.52. The van der Waals surface area contributed by atoms with E-state index in [4.69, 9.17) is 5.73 Å². The maximum absolute atomic E-state index is 5.96. The molecule has 1 aliphatic heterocycles. The molecule has 0 radical (unpaired) electrons. The summed E-state index contributed by atoms with van der Waals surface area (Å²) in [5.41, 5.74) is 5.96. The highest BCUT2D eigenvalue weighted by atomic mass is 15.1. The molecule has 2 atom stereocenters. The minimum Gasteiger partial charge on any atom is -0.327 e. The van der Waals surface area contributed by atoms with Gasteiger partial charge >= 0.3 is 0 Å². The number of nitrogens with zero attached hydrogens (tertiary/aromatic N) is 1. The van der Waals surface area contributed by atoms with Gasteiger partial charge in [-0.05, 0) is 31.7 Å². The predicted molar refractivity (Wildman–Crippen MR) is 60.0 cm³/mol. The van der Waals surface area contributed by atoms with E-state index >= 15 is 0 Å². The molecule has 0 saturated carbocycles. The van der Waals surface area contributed by atoms with Crippen LogP contribution in [0.1, 0.15) is 19.3 Å². The van der Waals surface area contributed by atoms with Crippen LogP contribution >= 0.6 is 0 Å². The van der Waals surface area contributed by atoms with Crippen LogP contribution in [0.4, 0.5) is 0 Å². The van der Waals surface area contributed by atoms with Crippen molar-refractivity contribution in [2.24, 2.45) is 11.7 Å². The van der Waals surface area contributed by atoms with Gasteiger partial charge in [0, 0.05) is 19.1 Å². The van der Waals surface area contributed by atoms with Crippen molar-refractivity contribution in [3.63, 3.8) is 0 Å². The van der Waals surface area contributed by atoms with E-state index in [0.717, 1.165) is 6.54 Å². The number of allylic oxidation sites excluding steroid dienone is 3. The van der Waals surface area contributed by atoms with Crippen molar-refractivity contribution in [3.05, 3.63) is 24.3 Å². The SMILES string of the molecule is N[C@H]1CCCN(CC2C=CC=CC2)C1. The van der Waals surface area contributed by atoms with Crippen molar-refractivity contribution < 1.29 is 0 Å². The average molecular weight is 192 g/mol. The summed E-state index contributed by atoms with van der Waals surface area (Å²) >= 11 is 0. The largest absolute Gasteiger partial charge is 0.327 e. The Morgan fingerprint density at radius 1 is 1.36 bits per heavy atom. The average Bonchev–Trinajstić information content (AvgIpc) is 2.19. The van der Waals surface area contributed by atoms with Gasteiger partial charge in [0.25, 0.3) is 0 Å². The first-order chi connectivity index (χ1) is 6.84. The van der Waals surface area contributed by atoms with Crippen LogP contribution in [-0.4, -0.2) is 30.6 Å². The second kappa shape index (κ2) is 4.76. The quantitative estimate of drug-likeness (QED) is 0.719. The summed E-state index contributed by atoms with van der Waals surface area (Å²) in [6, 6.07) is 0.409. The molecule has 2 aliphatic rings. The lowest BCUT2D eigenvalue weighted by molar-refractivity contribution is 0.191. The number of rotatable bonds is 2. The van der Waals surface area contributed by atoms with Crippen LogP contribution in [0.2, 0.25) is 0 Å². The first-order valence-corrected chi connectivity index (χ1v) is 5.66. The minimum absolute atomic E-state index is 0.409. The van der Waals surface area contributed by atoms with Gasteiger partial charge < -0.3 is 10.6 Å². The van der Waals surface area contributed by atoms with Crippen LogP contribution < -0.4 is 5.73 Å². The number of hydrogen-bond donors (Lipinski definition) is 1. The Morgan fingerprint density at radius 2 is 2.29 bits per heavy atom. The van der Waals surface area contributed by atoms with E-state index in [-0.39, 0.29) is 0 Å². The molecule has 0 aromatic carbocycles. The third kappa shape index (κ3) is 2.69. The molecule has 2 rings (SSSR count). The maximum atomic E-state index is 5.96. The molecule has 2 N–H and O–H groups in total. The van der Waals surface area contributed by atoms with Crippen molar-refractivity contribution in [1.82, 2.24) is 4.90 Å². The lowest BCUT2D eigenvalue weighted by Crippen LogP contribution is -2.44. The van der Waals surface area contributed by atoms with Crippen molar-refractivity contribution in [2.75, 3.05) is 19.6 Å². The zero-order valence-corrected chi connectivity index (χ0v) is 8.73. The van der Waals surface area contributed by atoms with Crippen molar-refractivity contribution in [3.8, 4) is 0 Å². The van der Waals surface area contributed by atoms with Crippen LogP contribution in [0, 0.1) is 5.92 Å². The van der Waals surface area contributed by atoms with Crippen LogP contribution in [-0.2, 0) is 0 Å². The molecule has 0 spiro atoms. The Morgan fingerprint density at radius 3 is 3.00 bits per heavy atom. The van der Waals surface area contributed by atoms with E-state index in [1.165, 1.54) is 32.4 Å². The fourth-order valence-electron chi connectivity index (χ4n) is 2.36. The summed E-state index contributed by atoms with van der Waals surface area (Å²) in [5.74, 6) is 0.713. The smallest absolute Gasteiger partial charge is 0.0168 e. The molecule has 1 saturated heterocycles. The van der Waals surface area contributed by atoms with E-state index in [1.54, 1.807) is 0 Å². The van der Waals surface area contributed by atoms with Gasteiger partial charge in [0.2, 0.25) is 0 Å². The molecule has 0 amide bonds. The standard InChI is InChI=1S/C12H20N2/c13-12-7-4-8-14(10-12)9-11-5-2-1-3-6-11/h1-3,5,11-12H,4,6-10,13H2/t11?,12-/m0/s1. The fourth-order valence-corrected chi connectivity index (χ4v) is 2.36. The molecular weight excluding hydrogens is 172 g/mol. The lowest BCUT2D eigenvalue weighted by atomic mass is 9.98. The second-order valence-corrected chi connectivity index (χ2v) is 4.47. The van der Waals surface area contributed by atoms with Crippen molar-refractivity contribution >= 4 is 0 Å². The zero-order chi connectivity index (χ0) is 9.80. The van der Waals surface area contributed by atoms with Crippen molar-refractivity contribution in [1.29, 1.82) is 0 Å². The third-order valence-electron chi connectivity index (χ3n) is 3.10. The zero-order valence-electron chi connectivity index (χ0n) is 8.73. The van der Waals surface area contributed by atoms with E-state index in [0.29, 0.717) is 12.0 Å². The van der Waals surface area contributed by atoms with Gasteiger partial charge in [-0.25, -0.2) is 0 Å². The number of piperidine rings is 1. The predicted octanol–water partition coefficient (Wildman–Crippen LogP) is 1.54. The molecule has 2 nitrogen and oxygen atoms in total. The summed E-state index contributed by atoms with van der Waals surface area (Å²) in [5, 5.41) is 0. The molecule has 1 fully saturated rings. The van der Waals surface area contributed by atoms with E-state index in [2.05, 4.69) is 29.2 Å². The monoisotopic (exact) mass is 192 g/mol. The molecule has 0 aromatic rings. The van der Waals surface area contributed by atoms with Crippen molar-refractivity contribution in [2.45, 2.75) is 25.3 Å². The van der Waals surface area contributed by atoms with Crippen LogP contribution in [0.15, 0.2) is 24.3 Å². The lowest BCUT2D eigenvalue weighted by Gasteiger charge is -2.32. The first kappa shape index (κ1) is 9.94. The molecule has 1 heterocycles. The Bertz CT molecular complexity index is 232. The normalized spacial score (nSPS) is 33.5. The Labute approximate surface area is 86.5 Å². The molecule has 2 heteroatoms. The number of nitrogens with two attached hydrogens (primary N) is 1. The van der Waals surface area contributed by atoms with Gasteiger partial charge in [-0.15, -0.1) is 0 Å². The summed E-state index contributed by atoms with van der Waals surface area (Å²) in [4.78, 5) is 2.52. The fraction of sp³-hybridized carbons (Fsp3) is 0.667. The van der Waals surface area contributed by atoms with Gasteiger partial charge in [0.15, 0.2) is 0 Å². The summed E-state index contributed by atoms with van der Waals surface area (Å²) in [6.07, 6.45) is 12.6. The van der Waals surface area contributed by atoms with E-state index < -0.39 is 0 Å². The van der Waals surface area contributed by atoms with Gasteiger partial charge in [-0.1, -0.05) is 24.3 Å². The Kier molecular flexibility index (Phi) is 3.38. The minimum atomic E-state index is 0.409. The molecule has 14 heavy (non-hydrogen) atoms. The topological polar surface area (TPSA) is 29.3 Å². The number of hydrogen-bond acceptors (Lipinski definition) is 2. The Hall–Kier alpha value is -0.600. The van der Waals surface area contributed by atoms with Gasteiger partial charge in [-0.3, -0.25) is 0 Å². The molecule has 1 aliphatic carbocycles. The maximum Gasteiger partial charge on any atom is 0.0168 e. The van der Waals surface area contributed by atoms with Gasteiger partial charge in [0.1, 0.15) is 0 Å². The Balaban J connectivity index is 1.79. The van der Waals surface area contributed by atoms with E-state index in [1.807, 2.05) is 0 Å². The van der Waals surface area contributed by atoms with Crippen LogP contribution in [0.3, 0.4) is 0 Å². The molecule has 1 unspecified atom stereocenters. The third-order valence-corrected chi connectivity index (χ3v) is 3.10. The number of likely N-dealkylation sites (tertiary alicyclic amines) is 1.